The molecule has 4 heteroatoms. The molecule has 4 nitrogen and oxygen atoms in total. The van der Waals surface area contributed by atoms with Gasteiger partial charge in [0.05, 0.1) is 0 Å². The number of aromatic nitrogens is 1. The van der Waals surface area contributed by atoms with Crippen LogP contribution in [0.1, 0.15) is 21.7 Å². The van der Waals surface area contributed by atoms with E-state index < -0.39 is 0 Å². The predicted molar refractivity (Wildman–Crippen MR) is 89.0 cm³/mol. The van der Waals surface area contributed by atoms with Crippen molar-refractivity contribution in [2.75, 3.05) is 5.32 Å². The van der Waals surface area contributed by atoms with Gasteiger partial charge in [-0.2, -0.15) is 0 Å². The van der Waals surface area contributed by atoms with Crippen molar-refractivity contribution >= 4 is 11.6 Å². The molecule has 0 aliphatic heterocycles. The van der Waals surface area contributed by atoms with E-state index in [1.165, 1.54) is 0 Å². The summed E-state index contributed by atoms with van der Waals surface area (Å²) in [4.78, 5) is 12.6. The molecule has 2 aromatic carbocycles. The number of benzene rings is 2. The molecule has 1 amide bonds. The molecule has 0 radical (unpaired) electrons. The molecular formula is C19H14N2O2. The van der Waals surface area contributed by atoms with E-state index in [9.17, 15) is 4.79 Å². The van der Waals surface area contributed by atoms with Gasteiger partial charge in [-0.3, -0.25) is 4.79 Å². The van der Waals surface area contributed by atoms with E-state index in [0.717, 1.165) is 5.56 Å². The minimum Gasteiger partial charge on any atom is -0.360 e. The Morgan fingerprint density at radius 3 is 2.70 bits per heavy atom. The second-order valence-corrected chi connectivity index (χ2v) is 5.01. The summed E-state index contributed by atoms with van der Waals surface area (Å²) in [6.45, 7) is 1.71. The van der Waals surface area contributed by atoms with Gasteiger partial charge >= 0.3 is 0 Å². The van der Waals surface area contributed by atoms with Crippen molar-refractivity contribution in [3.05, 3.63) is 71.5 Å². The molecule has 23 heavy (non-hydrogen) atoms. The van der Waals surface area contributed by atoms with Gasteiger partial charge in [0.1, 0.15) is 17.0 Å². The molecule has 0 aliphatic carbocycles. The van der Waals surface area contributed by atoms with E-state index in [4.69, 9.17) is 10.9 Å². The normalized spacial score (nSPS) is 10.1. The third-order valence-electron chi connectivity index (χ3n) is 3.42. The minimum absolute atomic E-state index is 0.281. The molecule has 1 heterocycles. The number of rotatable bonds is 3. The van der Waals surface area contributed by atoms with E-state index in [1.807, 2.05) is 30.3 Å². The van der Waals surface area contributed by atoms with Crippen LogP contribution in [-0.2, 0) is 0 Å². The number of amides is 1. The average Bonchev–Trinajstić information content (AvgIpc) is 2.97. The highest BCUT2D eigenvalue weighted by molar-refractivity contribution is 6.08. The number of anilines is 1. The molecule has 1 N–H and O–H groups in total. The van der Waals surface area contributed by atoms with Gasteiger partial charge in [-0.15, -0.1) is 6.42 Å². The Morgan fingerprint density at radius 2 is 1.96 bits per heavy atom. The lowest BCUT2D eigenvalue weighted by Gasteiger charge is -2.06. The third kappa shape index (κ3) is 2.99. The van der Waals surface area contributed by atoms with Gasteiger partial charge in [0.2, 0.25) is 0 Å². The molecule has 0 saturated carbocycles. The molecule has 0 unspecified atom stereocenters. The minimum atomic E-state index is -0.281. The number of nitrogens with zero attached hydrogens (tertiary/aromatic N) is 1. The number of hydrogen-bond donors (Lipinski definition) is 1. The first-order valence-corrected chi connectivity index (χ1v) is 7.09. The lowest BCUT2D eigenvalue weighted by Crippen LogP contribution is -2.13. The van der Waals surface area contributed by atoms with Crippen molar-refractivity contribution in [1.82, 2.24) is 5.16 Å². The fraction of sp³-hybridized carbons (Fsp3) is 0.0526. The van der Waals surface area contributed by atoms with Crippen LogP contribution in [0.5, 0.6) is 0 Å². The molecule has 3 aromatic rings. The average molecular weight is 302 g/mol. The molecule has 112 valence electrons. The summed E-state index contributed by atoms with van der Waals surface area (Å²) < 4.78 is 5.21. The summed E-state index contributed by atoms with van der Waals surface area (Å²) in [6, 6.07) is 16.6. The largest absolute Gasteiger partial charge is 0.360 e. The number of carbonyl (C=O) groups excluding carboxylic acids is 1. The maximum Gasteiger partial charge on any atom is 0.261 e. The van der Waals surface area contributed by atoms with Crippen LogP contribution in [-0.4, -0.2) is 11.1 Å². The molecule has 3 rings (SSSR count). The van der Waals surface area contributed by atoms with Crippen molar-refractivity contribution in [3.63, 3.8) is 0 Å². The lowest BCUT2D eigenvalue weighted by molar-refractivity contribution is 0.102. The molecule has 0 fully saturated rings. The molecule has 1 aromatic heterocycles. The first-order chi connectivity index (χ1) is 11.2. The predicted octanol–water partition coefficient (Wildman–Crippen LogP) is 3.88. The van der Waals surface area contributed by atoms with Gasteiger partial charge in [0.25, 0.3) is 5.91 Å². The zero-order valence-corrected chi connectivity index (χ0v) is 12.5. The zero-order chi connectivity index (χ0) is 16.2. The smallest absolute Gasteiger partial charge is 0.261 e. The van der Waals surface area contributed by atoms with E-state index in [2.05, 4.69) is 16.4 Å². The van der Waals surface area contributed by atoms with Crippen LogP contribution < -0.4 is 5.32 Å². The summed E-state index contributed by atoms with van der Waals surface area (Å²) in [7, 11) is 0. The Labute approximate surface area is 134 Å². The van der Waals surface area contributed by atoms with Crippen LogP contribution in [0.15, 0.2) is 59.1 Å². The Hall–Kier alpha value is -3.32. The third-order valence-corrected chi connectivity index (χ3v) is 3.42. The highest BCUT2D eigenvalue weighted by atomic mass is 16.5. The number of aryl methyl sites for hydroxylation is 1. The van der Waals surface area contributed by atoms with E-state index in [1.54, 1.807) is 31.2 Å². The monoisotopic (exact) mass is 302 g/mol. The van der Waals surface area contributed by atoms with Crippen LogP contribution in [0.4, 0.5) is 5.69 Å². The molecule has 0 saturated heterocycles. The fourth-order valence-corrected chi connectivity index (χ4v) is 2.31. The summed E-state index contributed by atoms with van der Waals surface area (Å²) in [5, 5.41) is 6.85. The van der Waals surface area contributed by atoms with Gasteiger partial charge in [0.15, 0.2) is 0 Å². The quantitative estimate of drug-likeness (QED) is 0.747. The molecule has 0 atom stereocenters. The highest BCUT2D eigenvalue weighted by Crippen LogP contribution is 2.26. The zero-order valence-electron chi connectivity index (χ0n) is 12.5. The summed E-state index contributed by atoms with van der Waals surface area (Å²) in [5.41, 5.74) is 3.10. The Morgan fingerprint density at radius 1 is 1.17 bits per heavy atom. The maximum absolute atomic E-state index is 12.6. The van der Waals surface area contributed by atoms with Crippen molar-refractivity contribution in [1.29, 1.82) is 0 Å². The molecule has 0 aliphatic rings. The van der Waals surface area contributed by atoms with E-state index >= 15 is 0 Å². The number of nitrogens with one attached hydrogen (secondary N) is 1. The first-order valence-electron chi connectivity index (χ1n) is 7.09. The maximum atomic E-state index is 12.6. The van der Waals surface area contributed by atoms with Crippen LogP contribution in [0.3, 0.4) is 0 Å². The van der Waals surface area contributed by atoms with Crippen molar-refractivity contribution in [3.8, 4) is 23.6 Å². The van der Waals surface area contributed by atoms with Gasteiger partial charge in [0, 0.05) is 16.8 Å². The van der Waals surface area contributed by atoms with Gasteiger partial charge < -0.3 is 9.84 Å². The summed E-state index contributed by atoms with van der Waals surface area (Å²) in [5.74, 6) is 2.73. The van der Waals surface area contributed by atoms with E-state index in [0.29, 0.717) is 28.3 Å². The van der Waals surface area contributed by atoms with Crippen molar-refractivity contribution in [2.45, 2.75) is 6.92 Å². The SMILES string of the molecule is C#Cc1cccc(NC(=O)c2c(-c3ccccc3)noc2C)c1. The van der Waals surface area contributed by atoms with Gasteiger partial charge in [-0.25, -0.2) is 0 Å². The number of carbonyl (C=O) groups is 1. The fourth-order valence-electron chi connectivity index (χ4n) is 2.31. The highest BCUT2D eigenvalue weighted by Gasteiger charge is 2.21. The summed E-state index contributed by atoms with van der Waals surface area (Å²) in [6.07, 6.45) is 5.38. The van der Waals surface area contributed by atoms with Crippen LogP contribution >= 0.6 is 0 Å². The Kier molecular flexibility index (Phi) is 3.94. The van der Waals surface area contributed by atoms with Crippen molar-refractivity contribution < 1.29 is 9.32 Å². The van der Waals surface area contributed by atoms with Crippen LogP contribution in [0.25, 0.3) is 11.3 Å². The van der Waals surface area contributed by atoms with Crippen molar-refractivity contribution in [2.24, 2.45) is 0 Å². The lowest BCUT2D eigenvalue weighted by atomic mass is 10.1. The Balaban J connectivity index is 1.94. The number of terminal acetylenes is 1. The Bertz CT molecular complexity index is 889. The molecular weight excluding hydrogens is 288 g/mol. The second-order valence-electron chi connectivity index (χ2n) is 5.01. The van der Waals surface area contributed by atoms with Crippen LogP contribution in [0.2, 0.25) is 0 Å². The first kappa shape index (κ1) is 14.6. The van der Waals surface area contributed by atoms with E-state index in [-0.39, 0.29) is 5.91 Å². The topological polar surface area (TPSA) is 55.1 Å². The number of hydrogen-bond acceptors (Lipinski definition) is 3. The standard InChI is InChI=1S/C19H14N2O2/c1-3-14-8-7-11-16(12-14)20-19(22)17-13(2)23-21-18(17)15-9-5-4-6-10-15/h1,4-12H,2H3,(H,20,22). The second kappa shape index (κ2) is 6.20. The molecule has 0 bridgehead atoms. The van der Waals surface area contributed by atoms with Crippen LogP contribution in [0, 0.1) is 19.3 Å². The van der Waals surface area contributed by atoms with Gasteiger partial charge in [-0.05, 0) is 25.1 Å². The van der Waals surface area contributed by atoms with Gasteiger partial charge in [-0.1, -0.05) is 47.5 Å². The molecule has 0 spiro atoms. The summed E-state index contributed by atoms with van der Waals surface area (Å²) >= 11 is 0.